The summed E-state index contributed by atoms with van der Waals surface area (Å²) in [6.07, 6.45) is 0. The Kier molecular flexibility index (Phi) is 2.50. The molecule has 0 aliphatic carbocycles. The van der Waals surface area contributed by atoms with E-state index in [1.807, 2.05) is 6.92 Å². The monoisotopic (exact) mass is 218 g/mol. The third-order valence-electron chi connectivity index (χ3n) is 2.07. The fourth-order valence-corrected chi connectivity index (χ4v) is 1.24. The number of nitrogen functional groups attached to an aromatic ring is 1. The highest BCUT2D eigenvalue weighted by Crippen LogP contribution is 2.24. The van der Waals surface area contributed by atoms with Crippen molar-refractivity contribution in [2.75, 3.05) is 11.1 Å². The van der Waals surface area contributed by atoms with Crippen LogP contribution in [0.3, 0.4) is 0 Å². The van der Waals surface area contributed by atoms with Gasteiger partial charge in [0.2, 0.25) is 11.9 Å². The van der Waals surface area contributed by atoms with Crippen LogP contribution in [0.5, 0.6) is 0 Å². The zero-order valence-corrected chi connectivity index (χ0v) is 8.56. The van der Waals surface area contributed by atoms with Gasteiger partial charge in [-0.3, -0.25) is 0 Å². The third kappa shape index (κ3) is 1.97. The van der Waals surface area contributed by atoms with Crippen LogP contribution in [-0.2, 0) is 0 Å². The Labute approximate surface area is 91.1 Å². The highest BCUT2D eigenvalue weighted by molar-refractivity contribution is 5.62. The zero-order chi connectivity index (χ0) is 11.5. The van der Waals surface area contributed by atoms with E-state index in [4.69, 9.17) is 5.73 Å². The summed E-state index contributed by atoms with van der Waals surface area (Å²) in [6.45, 7) is 1.81. The van der Waals surface area contributed by atoms with Crippen LogP contribution >= 0.6 is 0 Å². The smallest absolute Gasteiger partial charge is 0.248 e. The molecule has 7 heteroatoms. The Bertz CT molecular complexity index is 520. The second kappa shape index (κ2) is 3.97. The summed E-state index contributed by atoms with van der Waals surface area (Å²) in [5.74, 6) is 0.571. The van der Waals surface area contributed by atoms with E-state index in [0.29, 0.717) is 17.3 Å². The fraction of sp³-hybridized carbons (Fsp3) is 0.111. The van der Waals surface area contributed by atoms with Crippen molar-refractivity contribution in [3.8, 4) is 0 Å². The number of anilines is 3. The van der Waals surface area contributed by atoms with Gasteiger partial charge in [-0.15, -0.1) is 10.0 Å². The lowest BCUT2D eigenvalue weighted by Crippen LogP contribution is -1.93. The molecule has 0 aliphatic rings. The predicted octanol–water partition coefficient (Wildman–Crippen LogP) is 1.84. The van der Waals surface area contributed by atoms with Crippen LogP contribution in [-0.4, -0.2) is 15.2 Å². The maximum atomic E-state index is 10.5. The van der Waals surface area contributed by atoms with Gasteiger partial charge in [-0.25, -0.2) is 5.10 Å². The van der Waals surface area contributed by atoms with Crippen molar-refractivity contribution in [3.05, 3.63) is 28.7 Å². The number of rotatable bonds is 3. The van der Waals surface area contributed by atoms with Crippen LogP contribution in [0.4, 0.5) is 23.3 Å². The Hall–Kier alpha value is -2.44. The quantitative estimate of drug-likeness (QED) is 0.681. The molecule has 0 unspecified atom stereocenters. The highest BCUT2D eigenvalue weighted by Gasteiger charge is 2.03. The molecule has 0 radical (unpaired) electrons. The summed E-state index contributed by atoms with van der Waals surface area (Å²) in [7, 11) is 0. The number of aryl methyl sites for hydroxylation is 1. The van der Waals surface area contributed by atoms with Gasteiger partial charge in [0.1, 0.15) is 5.69 Å². The van der Waals surface area contributed by atoms with Crippen molar-refractivity contribution in [1.82, 2.24) is 15.2 Å². The molecule has 2 aromatic rings. The van der Waals surface area contributed by atoms with Crippen molar-refractivity contribution in [2.45, 2.75) is 6.92 Å². The lowest BCUT2D eigenvalue weighted by atomic mass is 10.2. The molecule has 0 atom stereocenters. The van der Waals surface area contributed by atoms with Gasteiger partial charge >= 0.3 is 0 Å². The summed E-state index contributed by atoms with van der Waals surface area (Å²) < 4.78 is 0. The zero-order valence-electron chi connectivity index (χ0n) is 8.56. The summed E-state index contributed by atoms with van der Waals surface area (Å²) >= 11 is 0. The first-order valence-corrected chi connectivity index (χ1v) is 4.58. The molecule has 16 heavy (non-hydrogen) atoms. The van der Waals surface area contributed by atoms with E-state index >= 15 is 0 Å². The molecule has 0 spiro atoms. The van der Waals surface area contributed by atoms with Crippen LogP contribution in [0.25, 0.3) is 0 Å². The second-order valence-electron chi connectivity index (χ2n) is 3.26. The molecule has 0 aliphatic heterocycles. The second-order valence-corrected chi connectivity index (χ2v) is 3.26. The SMILES string of the molecule is Cc1ccc(Nc2n[nH]c(N)n2)cc1N=O. The van der Waals surface area contributed by atoms with E-state index in [9.17, 15) is 4.91 Å². The lowest BCUT2D eigenvalue weighted by molar-refractivity contribution is 1.10. The Balaban J connectivity index is 2.25. The molecule has 2 rings (SSSR count). The number of nitroso groups, excluding NO2 is 1. The van der Waals surface area contributed by atoms with Gasteiger partial charge in [-0.05, 0) is 29.8 Å². The Morgan fingerprint density at radius 3 is 2.94 bits per heavy atom. The molecule has 0 bridgehead atoms. The largest absolute Gasteiger partial charge is 0.368 e. The van der Waals surface area contributed by atoms with Gasteiger partial charge in [-0.2, -0.15) is 4.98 Å². The van der Waals surface area contributed by atoms with Gasteiger partial charge in [0.05, 0.1) is 0 Å². The maximum Gasteiger partial charge on any atom is 0.248 e. The molecule has 0 saturated heterocycles. The van der Waals surface area contributed by atoms with Crippen LogP contribution in [0, 0.1) is 11.8 Å². The number of aromatic nitrogens is 3. The molecule has 0 fully saturated rings. The summed E-state index contributed by atoms with van der Waals surface area (Å²) in [6, 6.07) is 5.21. The van der Waals surface area contributed by atoms with Crippen LogP contribution in [0.1, 0.15) is 5.56 Å². The van der Waals surface area contributed by atoms with Crippen LogP contribution in [0.2, 0.25) is 0 Å². The fourth-order valence-electron chi connectivity index (χ4n) is 1.24. The number of benzene rings is 1. The minimum absolute atomic E-state index is 0.225. The van der Waals surface area contributed by atoms with Crippen LogP contribution in [0.15, 0.2) is 23.4 Å². The van der Waals surface area contributed by atoms with E-state index in [0.717, 1.165) is 5.56 Å². The Morgan fingerprint density at radius 1 is 1.50 bits per heavy atom. The first kappa shape index (κ1) is 10.1. The third-order valence-corrected chi connectivity index (χ3v) is 2.07. The molecule has 1 aromatic heterocycles. The summed E-state index contributed by atoms with van der Waals surface area (Å²) in [5.41, 5.74) is 7.25. The van der Waals surface area contributed by atoms with Gasteiger partial charge in [0, 0.05) is 5.69 Å². The maximum absolute atomic E-state index is 10.5. The first-order chi connectivity index (χ1) is 7.69. The van der Waals surface area contributed by atoms with Gasteiger partial charge in [0.25, 0.3) is 0 Å². The molecular weight excluding hydrogens is 208 g/mol. The standard InChI is InChI=1S/C9H10N6O/c1-5-2-3-6(4-7(5)15-16)11-9-12-8(10)13-14-9/h2-4H,1H3,(H4,10,11,12,13,14). The number of aromatic amines is 1. The van der Waals surface area contributed by atoms with Gasteiger partial charge in [-0.1, -0.05) is 6.07 Å². The van der Waals surface area contributed by atoms with Crippen molar-refractivity contribution in [1.29, 1.82) is 0 Å². The van der Waals surface area contributed by atoms with Crippen molar-refractivity contribution < 1.29 is 0 Å². The normalized spacial score (nSPS) is 10.1. The van der Waals surface area contributed by atoms with E-state index in [2.05, 4.69) is 25.7 Å². The molecular formula is C9H10N6O. The minimum atomic E-state index is 0.225. The van der Waals surface area contributed by atoms with Gasteiger partial charge < -0.3 is 11.1 Å². The van der Waals surface area contributed by atoms with Crippen molar-refractivity contribution in [3.63, 3.8) is 0 Å². The van der Waals surface area contributed by atoms with E-state index in [1.165, 1.54) is 0 Å². The summed E-state index contributed by atoms with van der Waals surface area (Å²) in [4.78, 5) is 14.4. The lowest BCUT2D eigenvalue weighted by Gasteiger charge is -2.03. The molecule has 0 amide bonds. The molecule has 1 heterocycles. The molecule has 1 aromatic carbocycles. The number of nitrogens with zero attached hydrogens (tertiary/aromatic N) is 3. The highest BCUT2D eigenvalue weighted by atomic mass is 16.3. The Morgan fingerprint density at radius 2 is 2.31 bits per heavy atom. The molecule has 7 nitrogen and oxygen atoms in total. The number of hydrogen-bond acceptors (Lipinski definition) is 6. The first-order valence-electron chi connectivity index (χ1n) is 4.58. The predicted molar refractivity (Wildman–Crippen MR) is 60.7 cm³/mol. The average molecular weight is 218 g/mol. The molecule has 4 N–H and O–H groups in total. The summed E-state index contributed by atoms with van der Waals surface area (Å²) in [5, 5.41) is 12.1. The number of hydrogen-bond donors (Lipinski definition) is 3. The molecule has 0 saturated carbocycles. The van der Waals surface area contributed by atoms with Crippen molar-refractivity contribution >= 4 is 23.3 Å². The molecule has 82 valence electrons. The van der Waals surface area contributed by atoms with Crippen LogP contribution < -0.4 is 11.1 Å². The minimum Gasteiger partial charge on any atom is -0.368 e. The number of H-pyrrole nitrogens is 1. The number of nitrogens with two attached hydrogens (primary N) is 1. The average Bonchev–Trinajstić information content (AvgIpc) is 2.67. The van der Waals surface area contributed by atoms with Gasteiger partial charge in [0.15, 0.2) is 0 Å². The van der Waals surface area contributed by atoms with Crippen molar-refractivity contribution in [2.24, 2.45) is 5.18 Å². The van der Waals surface area contributed by atoms with E-state index in [1.54, 1.807) is 18.2 Å². The number of nitrogens with one attached hydrogen (secondary N) is 2. The van der Waals surface area contributed by atoms with E-state index in [-0.39, 0.29) is 5.95 Å². The van der Waals surface area contributed by atoms with E-state index < -0.39 is 0 Å². The topological polar surface area (TPSA) is 109 Å².